The van der Waals surface area contributed by atoms with Crippen molar-refractivity contribution in [1.29, 1.82) is 0 Å². The van der Waals surface area contributed by atoms with Gasteiger partial charge in [-0.15, -0.1) is 0 Å². The van der Waals surface area contributed by atoms with E-state index < -0.39 is 5.60 Å². The third-order valence-corrected chi connectivity index (χ3v) is 3.48. The van der Waals surface area contributed by atoms with Gasteiger partial charge in [0.15, 0.2) is 0 Å². The van der Waals surface area contributed by atoms with Gasteiger partial charge in [0.2, 0.25) is 0 Å². The van der Waals surface area contributed by atoms with Gasteiger partial charge in [0.1, 0.15) is 0 Å². The van der Waals surface area contributed by atoms with Crippen molar-refractivity contribution in [3.63, 3.8) is 0 Å². The van der Waals surface area contributed by atoms with Gasteiger partial charge < -0.3 is 10.4 Å². The molecule has 0 aliphatic heterocycles. The molecule has 0 aliphatic rings. The SMILES string of the molecule is CCC(C)(O)CNC(C)c1ccc(C)c([N+](=O)[O-])c1. The van der Waals surface area contributed by atoms with Crippen molar-refractivity contribution in [2.24, 2.45) is 0 Å². The second kappa shape index (κ2) is 6.12. The third kappa shape index (κ3) is 4.29. The van der Waals surface area contributed by atoms with E-state index in [-0.39, 0.29) is 16.7 Å². The molecule has 0 spiro atoms. The van der Waals surface area contributed by atoms with E-state index in [4.69, 9.17) is 0 Å². The van der Waals surface area contributed by atoms with Crippen molar-refractivity contribution in [1.82, 2.24) is 5.32 Å². The summed E-state index contributed by atoms with van der Waals surface area (Å²) in [7, 11) is 0. The summed E-state index contributed by atoms with van der Waals surface area (Å²) < 4.78 is 0. The number of nitro groups is 1. The molecule has 5 heteroatoms. The maximum atomic E-state index is 10.9. The Kier molecular flexibility index (Phi) is 5.03. The summed E-state index contributed by atoms with van der Waals surface area (Å²) >= 11 is 0. The molecule has 0 aliphatic carbocycles. The lowest BCUT2D eigenvalue weighted by molar-refractivity contribution is -0.385. The fourth-order valence-corrected chi connectivity index (χ4v) is 1.71. The summed E-state index contributed by atoms with van der Waals surface area (Å²) in [5.41, 5.74) is 0.879. The molecule has 0 fully saturated rings. The van der Waals surface area contributed by atoms with Crippen LogP contribution < -0.4 is 5.32 Å². The van der Waals surface area contributed by atoms with Crippen molar-refractivity contribution >= 4 is 5.69 Å². The normalized spacial score (nSPS) is 15.8. The lowest BCUT2D eigenvalue weighted by Gasteiger charge is -2.24. The highest BCUT2D eigenvalue weighted by Crippen LogP contribution is 2.23. The van der Waals surface area contributed by atoms with E-state index in [0.29, 0.717) is 18.5 Å². The zero-order valence-electron chi connectivity index (χ0n) is 11.9. The van der Waals surface area contributed by atoms with Crippen LogP contribution >= 0.6 is 0 Å². The van der Waals surface area contributed by atoms with Gasteiger partial charge in [0.25, 0.3) is 5.69 Å². The van der Waals surface area contributed by atoms with Crippen LogP contribution in [0.5, 0.6) is 0 Å². The molecular formula is C14H22N2O3. The molecule has 0 saturated heterocycles. The van der Waals surface area contributed by atoms with Crippen LogP contribution in [-0.2, 0) is 0 Å². The molecule has 2 unspecified atom stereocenters. The lowest BCUT2D eigenvalue weighted by Crippen LogP contribution is -2.38. The maximum Gasteiger partial charge on any atom is 0.272 e. The summed E-state index contributed by atoms with van der Waals surface area (Å²) in [5.74, 6) is 0. The second-order valence-electron chi connectivity index (χ2n) is 5.26. The summed E-state index contributed by atoms with van der Waals surface area (Å²) in [6.45, 7) is 7.79. The molecule has 106 valence electrons. The molecule has 1 rings (SSSR count). The average molecular weight is 266 g/mol. The molecule has 5 nitrogen and oxygen atoms in total. The van der Waals surface area contributed by atoms with E-state index in [1.807, 2.05) is 19.9 Å². The molecule has 0 radical (unpaired) electrons. The highest BCUT2D eigenvalue weighted by molar-refractivity contribution is 5.43. The Morgan fingerprint density at radius 3 is 2.68 bits per heavy atom. The molecular weight excluding hydrogens is 244 g/mol. The van der Waals surface area contributed by atoms with Crippen molar-refractivity contribution < 1.29 is 10.0 Å². The largest absolute Gasteiger partial charge is 0.389 e. The average Bonchev–Trinajstić information content (AvgIpc) is 2.36. The molecule has 1 aromatic carbocycles. The Morgan fingerprint density at radius 1 is 1.53 bits per heavy atom. The zero-order chi connectivity index (χ0) is 14.6. The quantitative estimate of drug-likeness (QED) is 0.613. The first-order valence-electron chi connectivity index (χ1n) is 6.47. The van der Waals surface area contributed by atoms with E-state index in [1.54, 1.807) is 26.0 Å². The molecule has 0 aromatic heterocycles. The molecule has 0 amide bonds. The van der Waals surface area contributed by atoms with E-state index in [1.165, 1.54) is 0 Å². The van der Waals surface area contributed by atoms with Crippen LogP contribution in [0.3, 0.4) is 0 Å². The minimum atomic E-state index is -0.759. The van der Waals surface area contributed by atoms with E-state index in [9.17, 15) is 15.2 Å². The first kappa shape index (κ1) is 15.6. The van der Waals surface area contributed by atoms with Gasteiger partial charge in [-0.25, -0.2) is 0 Å². The number of hydrogen-bond donors (Lipinski definition) is 2. The zero-order valence-corrected chi connectivity index (χ0v) is 11.9. The Hall–Kier alpha value is -1.46. The highest BCUT2D eigenvalue weighted by Gasteiger charge is 2.19. The Morgan fingerprint density at radius 2 is 2.16 bits per heavy atom. The monoisotopic (exact) mass is 266 g/mol. The van der Waals surface area contributed by atoms with Gasteiger partial charge >= 0.3 is 0 Å². The molecule has 1 aromatic rings. The second-order valence-corrected chi connectivity index (χ2v) is 5.26. The molecule has 0 heterocycles. The Labute approximate surface area is 113 Å². The smallest absolute Gasteiger partial charge is 0.272 e. The van der Waals surface area contributed by atoms with Gasteiger partial charge in [0, 0.05) is 24.2 Å². The molecule has 0 bridgehead atoms. The Bertz CT molecular complexity index is 458. The minimum Gasteiger partial charge on any atom is -0.389 e. The van der Waals surface area contributed by atoms with E-state index >= 15 is 0 Å². The predicted octanol–water partition coefficient (Wildman–Crippen LogP) is 2.71. The molecule has 2 atom stereocenters. The summed E-state index contributed by atoms with van der Waals surface area (Å²) in [4.78, 5) is 10.5. The van der Waals surface area contributed by atoms with Crippen LogP contribution in [0.25, 0.3) is 0 Å². The maximum absolute atomic E-state index is 10.9. The molecule has 19 heavy (non-hydrogen) atoms. The van der Waals surface area contributed by atoms with E-state index in [0.717, 1.165) is 5.56 Å². The van der Waals surface area contributed by atoms with Crippen LogP contribution in [0.2, 0.25) is 0 Å². The minimum absolute atomic E-state index is 0.0441. The van der Waals surface area contributed by atoms with Crippen molar-refractivity contribution in [2.75, 3.05) is 6.54 Å². The van der Waals surface area contributed by atoms with E-state index in [2.05, 4.69) is 5.32 Å². The number of nitro benzene ring substituents is 1. The number of benzene rings is 1. The van der Waals surface area contributed by atoms with Gasteiger partial charge in [-0.2, -0.15) is 0 Å². The number of nitrogens with zero attached hydrogens (tertiary/aromatic N) is 1. The van der Waals surface area contributed by atoms with Gasteiger partial charge in [-0.3, -0.25) is 10.1 Å². The van der Waals surface area contributed by atoms with Crippen molar-refractivity contribution in [3.8, 4) is 0 Å². The topological polar surface area (TPSA) is 75.4 Å². The predicted molar refractivity (Wildman–Crippen MR) is 75.2 cm³/mol. The fraction of sp³-hybridized carbons (Fsp3) is 0.571. The van der Waals surface area contributed by atoms with Gasteiger partial charge in [-0.1, -0.05) is 19.1 Å². The van der Waals surface area contributed by atoms with Gasteiger partial charge in [-0.05, 0) is 32.8 Å². The molecule has 0 saturated carbocycles. The van der Waals surface area contributed by atoms with Crippen LogP contribution in [-0.4, -0.2) is 22.2 Å². The highest BCUT2D eigenvalue weighted by atomic mass is 16.6. The number of aryl methyl sites for hydroxylation is 1. The van der Waals surface area contributed by atoms with Crippen LogP contribution in [0.1, 0.15) is 44.4 Å². The standard InChI is InChI=1S/C14H22N2O3/c1-5-14(4,17)9-15-11(3)12-7-6-10(2)13(8-12)16(18)19/h6-8,11,15,17H,5,9H2,1-4H3. The fourth-order valence-electron chi connectivity index (χ4n) is 1.71. The number of nitrogens with one attached hydrogen (secondary N) is 1. The Balaban J connectivity index is 2.80. The van der Waals surface area contributed by atoms with Crippen molar-refractivity contribution in [2.45, 2.75) is 45.8 Å². The van der Waals surface area contributed by atoms with Crippen LogP contribution in [0.15, 0.2) is 18.2 Å². The van der Waals surface area contributed by atoms with Gasteiger partial charge in [0.05, 0.1) is 10.5 Å². The number of hydrogen-bond acceptors (Lipinski definition) is 4. The van der Waals surface area contributed by atoms with Crippen LogP contribution in [0.4, 0.5) is 5.69 Å². The lowest BCUT2D eigenvalue weighted by atomic mass is 10.0. The molecule has 2 N–H and O–H groups in total. The first-order chi connectivity index (χ1) is 8.76. The van der Waals surface area contributed by atoms with Crippen LogP contribution in [0, 0.1) is 17.0 Å². The summed E-state index contributed by atoms with van der Waals surface area (Å²) in [6, 6.07) is 5.18. The summed E-state index contributed by atoms with van der Waals surface area (Å²) in [5, 5.41) is 24.0. The third-order valence-electron chi connectivity index (χ3n) is 3.48. The number of rotatable bonds is 6. The van der Waals surface area contributed by atoms with Crippen molar-refractivity contribution in [3.05, 3.63) is 39.4 Å². The first-order valence-corrected chi connectivity index (χ1v) is 6.47. The summed E-state index contributed by atoms with van der Waals surface area (Å²) in [6.07, 6.45) is 0.654. The number of aliphatic hydroxyl groups is 1.